The molecule has 1 nitrogen and oxygen atoms in total. The van der Waals surface area contributed by atoms with E-state index < -0.39 is 6.17 Å². The molecular weight excluding hydrogens is 105 g/mol. The van der Waals surface area contributed by atoms with Gasteiger partial charge in [-0.1, -0.05) is 0 Å². The molecule has 0 heterocycles. The monoisotopic (exact) mass is 115 g/mol. The van der Waals surface area contributed by atoms with E-state index in [1.165, 1.54) is 0 Å². The normalized spacial score (nSPS) is 60.8. The number of fused-ring (bicyclic) bond motifs is 1. The van der Waals surface area contributed by atoms with Gasteiger partial charge >= 0.3 is 0 Å². The summed E-state index contributed by atoms with van der Waals surface area (Å²) < 4.78 is 12.4. The predicted molar refractivity (Wildman–Crippen MR) is 29.1 cm³/mol. The molecule has 0 aromatic carbocycles. The Labute approximate surface area is 48.1 Å². The highest BCUT2D eigenvalue weighted by molar-refractivity contribution is 5.08. The lowest BCUT2D eigenvalue weighted by atomic mass is 10.2. The molecule has 2 rings (SSSR count). The van der Waals surface area contributed by atoms with E-state index in [1.807, 2.05) is 0 Å². The van der Waals surface area contributed by atoms with Crippen LogP contribution in [0.15, 0.2) is 0 Å². The molecule has 0 radical (unpaired) electrons. The number of hydrogen-bond donors (Lipinski definition) is 1. The number of hydrogen-bond acceptors (Lipinski definition) is 1. The quantitative estimate of drug-likeness (QED) is 0.494. The second kappa shape index (κ2) is 1.24. The van der Waals surface area contributed by atoms with Crippen molar-refractivity contribution >= 4 is 0 Å². The summed E-state index contributed by atoms with van der Waals surface area (Å²) in [4.78, 5) is 0. The third-order valence-corrected chi connectivity index (χ3v) is 2.46. The van der Waals surface area contributed by atoms with Crippen LogP contribution in [0, 0.1) is 11.8 Å². The van der Waals surface area contributed by atoms with Gasteiger partial charge in [-0.3, -0.25) is 0 Å². The van der Waals surface area contributed by atoms with Crippen molar-refractivity contribution < 1.29 is 4.39 Å². The second-order valence-corrected chi connectivity index (χ2v) is 2.93. The number of nitrogens with two attached hydrogens (primary N) is 1. The van der Waals surface area contributed by atoms with Crippen LogP contribution >= 0.6 is 0 Å². The van der Waals surface area contributed by atoms with Gasteiger partial charge in [0.2, 0.25) is 0 Å². The highest BCUT2D eigenvalue weighted by Crippen LogP contribution is 2.53. The van der Waals surface area contributed by atoms with Gasteiger partial charge in [-0.25, -0.2) is 4.39 Å². The summed E-state index contributed by atoms with van der Waals surface area (Å²) in [5, 5.41) is 0. The van der Waals surface area contributed by atoms with Gasteiger partial charge in [0.15, 0.2) is 0 Å². The van der Waals surface area contributed by atoms with Crippen LogP contribution < -0.4 is 5.73 Å². The number of rotatable bonds is 0. The first kappa shape index (κ1) is 4.74. The van der Waals surface area contributed by atoms with Crippen LogP contribution in [-0.4, -0.2) is 12.2 Å². The van der Waals surface area contributed by atoms with Gasteiger partial charge in [0.25, 0.3) is 0 Å². The minimum atomic E-state index is -0.529. The highest BCUT2D eigenvalue weighted by atomic mass is 19.1. The molecule has 2 aliphatic carbocycles. The SMILES string of the molecule is N[C@@H]1CC[C@H]2[C@H](F)[C@H]21. The third-order valence-electron chi connectivity index (χ3n) is 2.46. The van der Waals surface area contributed by atoms with Crippen LogP contribution in [-0.2, 0) is 0 Å². The average molecular weight is 115 g/mol. The van der Waals surface area contributed by atoms with Gasteiger partial charge in [0.05, 0.1) is 0 Å². The maximum absolute atomic E-state index is 12.4. The maximum Gasteiger partial charge on any atom is 0.108 e. The van der Waals surface area contributed by atoms with Crippen LogP contribution in [0.1, 0.15) is 12.8 Å². The van der Waals surface area contributed by atoms with E-state index in [0.29, 0.717) is 5.92 Å². The molecule has 2 saturated carbocycles. The Kier molecular flexibility index (Phi) is 0.734. The molecule has 2 N–H and O–H groups in total. The summed E-state index contributed by atoms with van der Waals surface area (Å²) >= 11 is 0. The molecule has 0 unspecified atom stereocenters. The Hall–Kier alpha value is -0.110. The zero-order valence-electron chi connectivity index (χ0n) is 4.68. The zero-order chi connectivity index (χ0) is 5.72. The van der Waals surface area contributed by atoms with E-state index in [2.05, 4.69) is 0 Å². The molecular formula is C6H10FN. The predicted octanol–water partition coefficient (Wildman–Crippen LogP) is 0.692. The topological polar surface area (TPSA) is 26.0 Å². The Morgan fingerprint density at radius 1 is 1.38 bits per heavy atom. The van der Waals surface area contributed by atoms with Crippen molar-refractivity contribution in [2.75, 3.05) is 0 Å². The molecule has 2 heteroatoms. The highest BCUT2D eigenvalue weighted by Gasteiger charge is 2.57. The number of halogens is 1. The van der Waals surface area contributed by atoms with E-state index >= 15 is 0 Å². The van der Waals surface area contributed by atoms with Crippen LogP contribution in [0.4, 0.5) is 4.39 Å². The fourth-order valence-corrected chi connectivity index (χ4v) is 1.84. The van der Waals surface area contributed by atoms with Gasteiger partial charge in [0.1, 0.15) is 6.17 Å². The first-order chi connectivity index (χ1) is 3.80. The lowest BCUT2D eigenvalue weighted by molar-refractivity contribution is 0.382. The molecule has 4 atom stereocenters. The molecule has 2 aliphatic rings. The average Bonchev–Trinajstić information content (AvgIpc) is 2.13. The Bertz CT molecular complexity index is 113. The van der Waals surface area contributed by atoms with Crippen molar-refractivity contribution in [3.05, 3.63) is 0 Å². The first-order valence-corrected chi connectivity index (χ1v) is 3.20. The van der Waals surface area contributed by atoms with Gasteiger partial charge < -0.3 is 5.73 Å². The van der Waals surface area contributed by atoms with Crippen molar-refractivity contribution in [2.24, 2.45) is 17.6 Å². The fraction of sp³-hybridized carbons (Fsp3) is 1.00. The molecule has 2 fully saturated rings. The van der Waals surface area contributed by atoms with Crippen molar-refractivity contribution in [3.8, 4) is 0 Å². The minimum Gasteiger partial charge on any atom is -0.327 e. The molecule has 0 aliphatic heterocycles. The molecule has 0 aromatic heterocycles. The zero-order valence-corrected chi connectivity index (χ0v) is 4.68. The summed E-state index contributed by atoms with van der Waals surface area (Å²) in [6.45, 7) is 0. The van der Waals surface area contributed by atoms with Crippen LogP contribution in [0.2, 0.25) is 0 Å². The molecule has 0 bridgehead atoms. The molecule has 46 valence electrons. The fourth-order valence-electron chi connectivity index (χ4n) is 1.84. The smallest absolute Gasteiger partial charge is 0.108 e. The summed E-state index contributed by atoms with van der Waals surface area (Å²) in [7, 11) is 0. The van der Waals surface area contributed by atoms with E-state index in [1.54, 1.807) is 0 Å². The second-order valence-electron chi connectivity index (χ2n) is 2.93. The van der Waals surface area contributed by atoms with Crippen molar-refractivity contribution in [1.82, 2.24) is 0 Å². The number of alkyl halides is 1. The standard InChI is InChI=1S/C6H10FN/c7-6-3-1-2-4(8)5(3)6/h3-6H,1-2,8H2/t3-,4-,5-,6+/m1/s1. The molecule has 0 spiro atoms. The van der Waals surface area contributed by atoms with Crippen LogP contribution in [0.25, 0.3) is 0 Å². The summed E-state index contributed by atoms with van der Waals surface area (Å²) in [5.74, 6) is 0.625. The maximum atomic E-state index is 12.4. The minimum absolute atomic E-state index is 0.190. The van der Waals surface area contributed by atoms with Crippen LogP contribution in [0.3, 0.4) is 0 Å². The Morgan fingerprint density at radius 3 is 2.38 bits per heavy atom. The van der Waals surface area contributed by atoms with E-state index in [-0.39, 0.29) is 12.0 Å². The van der Waals surface area contributed by atoms with E-state index in [9.17, 15) is 4.39 Å². The largest absolute Gasteiger partial charge is 0.327 e. The van der Waals surface area contributed by atoms with Crippen molar-refractivity contribution in [3.63, 3.8) is 0 Å². The lowest BCUT2D eigenvalue weighted by Crippen LogP contribution is -2.20. The molecule has 0 amide bonds. The van der Waals surface area contributed by atoms with E-state index in [4.69, 9.17) is 5.73 Å². The first-order valence-electron chi connectivity index (χ1n) is 3.20. The van der Waals surface area contributed by atoms with Crippen LogP contribution in [0.5, 0.6) is 0 Å². The lowest BCUT2D eigenvalue weighted by Gasteiger charge is -2.01. The van der Waals surface area contributed by atoms with Gasteiger partial charge in [-0.15, -0.1) is 0 Å². The molecule has 8 heavy (non-hydrogen) atoms. The summed E-state index contributed by atoms with van der Waals surface area (Å²) in [6.07, 6.45) is 1.56. The van der Waals surface area contributed by atoms with Gasteiger partial charge in [-0.2, -0.15) is 0 Å². The summed E-state index contributed by atoms with van der Waals surface area (Å²) in [5.41, 5.74) is 5.57. The van der Waals surface area contributed by atoms with Gasteiger partial charge in [-0.05, 0) is 18.8 Å². The summed E-state index contributed by atoms with van der Waals surface area (Å²) in [6, 6.07) is 0.190. The van der Waals surface area contributed by atoms with Gasteiger partial charge in [0, 0.05) is 12.0 Å². The Morgan fingerprint density at radius 2 is 2.12 bits per heavy atom. The molecule has 0 saturated heterocycles. The molecule has 0 aromatic rings. The Balaban J connectivity index is 2.07. The van der Waals surface area contributed by atoms with Crippen molar-refractivity contribution in [1.29, 1.82) is 0 Å². The van der Waals surface area contributed by atoms with E-state index in [0.717, 1.165) is 12.8 Å². The third kappa shape index (κ3) is 0.395. The van der Waals surface area contributed by atoms with Crippen molar-refractivity contribution in [2.45, 2.75) is 25.1 Å².